The highest BCUT2D eigenvalue weighted by Gasteiger charge is 2.26. The van der Waals surface area contributed by atoms with Gasteiger partial charge in [0.25, 0.3) is 0 Å². The molecule has 16 heavy (non-hydrogen) atoms. The van der Waals surface area contributed by atoms with Crippen LogP contribution in [-0.4, -0.2) is 28.5 Å². The van der Waals surface area contributed by atoms with Crippen LogP contribution in [0.1, 0.15) is 40.0 Å². The van der Waals surface area contributed by atoms with Crippen molar-refractivity contribution in [3.8, 4) is 0 Å². The Morgan fingerprint density at radius 2 is 1.88 bits per heavy atom. The van der Waals surface area contributed by atoms with Crippen LogP contribution in [0, 0.1) is 5.41 Å². The molecule has 0 fully saturated rings. The molecule has 0 aliphatic carbocycles. The lowest BCUT2D eigenvalue weighted by atomic mass is 9.91. The van der Waals surface area contributed by atoms with E-state index in [0.29, 0.717) is 19.3 Å². The highest BCUT2D eigenvalue weighted by Crippen LogP contribution is 2.35. The molecule has 96 valence electrons. The molecule has 0 radical (unpaired) electrons. The van der Waals surface area contributed by atoms with E-state index in [1.807, 2.05) is 20.8 Å². The largest absolute Gasteiger partial charge is 0.465 e. The summed E-state index contributed by atoms with van der Waals surface area (Å²) in [6.07, 6.45) is 1.40. The Bertz CT molecular complexity index is 268. The molecule has 0 amide bonds. The maximum atomic E-state index is 11.5. The van der Waals surface area contributed by atoms with Crippen LogP contribution in [0.25, 0.3) is 0 Å². The first-order chi connectivity index (χ1) is 7.19. The molecular formula is C10H21O5P. The quantitative estimate of drug-likeness (QED) is 0.411. The van der Waals surface area contributed by atoms with E-state index in [1.165, 1.54) is 0 Å². The minimum atomic E-state index is -3.91. The molecule has 0 atom stereocenters. The predicted molar refractivity (Wildman–Crippen MR) is 61.2 cm³/mol. The Kier molecular flexibility index (Phi) is 6.23. The molecule has 0 spiro atoms. The minimum absolute atomic E-state index is 0.151. The predicted octanol–water partition coefficient (Wildman–Crippen LogP) is 1.92. The van der Waals surface area contributed by atoms with Gasteiger partial charge in [-0.1, -0.05) is 6.92 Å². The topological polar surface area (TPSA) is 83.8 Å². The monoisotopic (exact) mass is 252 g/mol. The van der Waals surface area contributed by atoms with Crippen molar-refractivity contribution in [3.05, 3.63) is 0 Å². The summed E-state index contributed by atoms with van der Waals surface area (Å²) in [7, 11) is -3.91. The maximum Gasteiger partial charge on any atom is 0.325 e. The summed E-state index contributed by atoms with van der Waals surface area (Å²) in [5.41, 5.74) is -0.483. The fourth-order valence-corrected chi connectivity index (χ4v) is 1.56. The molecular weight excluding hydrogens is 231 g/mol. The van der Waals surface area contributed by atoms with E-state index in [-0.39, 0.29) is 18.7 Å². The molecule has 0 saturated carbocycles. The minimum Gasteiger partial charge on any atom is -0.465 e. The van der Waals surface area contributed by atoms with Crippen molar-refractivity contribution < 1.29 is 23.9 Å². The molecule has 0 aromatic rings. The van der Waals surface area contributed by atoms with Gasteiger partial charge in [-0.25, -0.2) is 0 Å². The number of hydrogen-bond acceptors (Lipinski definition) is 3. The van der Waals surface area contributed by atoms with E-state index in [2.05, 4.69) is 0 Å². The van der Waals surface area contributed by atoms with Crippen LogP contribution < -0.4 is 0 Å². The first-order valence-electron chi connectivity index (χ1n) is 5.41. The zero-order chi connectivity index (χ0) is 12.8. The Labute approximate surface area is 96.4 Å². The second-order valence-electron chi connectivity index (χ2n) is 4.47. The van der Waals surface area contributed by atoms with Gasteiger partial charge in [0, 0.05) is 6.16 Å². The van der Waals surface area contributed by atoms with Crippen LogP contribution in [0.15, 0.2) is 0 Å². The fourth-order valence-electron chi connectivity index (χ4n) is 0.924. The molecule has 0 unspecified atom stereocenters. The second kappa shape index (κ2) is 6.38. The smallest absolute Gasteiger partial charge is 0.325 e. The van der Waals surface area contributed by atoms with E-state index in [1.54, 1.807) is 0 Å². The van der Waals surface area contributed by atoms with Crippen molar-refractivity contribution >= 4 is 13.6 Å². The third-order valence-corrected chi connectivity index (χ3v) is 3.41. The van der Waals surface area contributed by atoms with Gasteiger partial charge in [0.05, 0.1) is 12.0 Å². The summed E-state index contributed by atoms with van der Waals surface area (Å²) in [5.74, 6) is -0.258. The van der Waals surface area contributed by atoms with Crippen LogP contribution in [0.4, 0.5) is 0 Å². The van der Waals surface area contributed by atoms with Crippen molar-refractivity contribution in [1.82, 2.24) is 0 Å². The standard InChI is InChI=1S/C10H21O5P/c1-4-10(2,3)9(11)15-7-5-6-8-16(12,13)14/h4-8H2,1-3H3,(H2,12,13,14). The van der Waals surface area contributed by atoms with E-state index >= 15 is 0 Å². The Hall–Kier alpha value is -0.380. The van der Waals surface area contributed by atoms with Gasteiger partial charge in [-0.2, -0.15) is 0 Å². The number of rotatable bonds is 7. The summed E-state index contributed by atoms with van der Waals surface area (Å²) < 4.78 is 15.5. The Balaban J connectivity index is 3.68. The van der Waals surface area contributed by atoms with E-state index in [0.717, 1.165) is 0 Å². The molecule has 0 aromatic carbocycles. The Morgan fingerprint density at radius 3 is 2.31 bits per heavy atom. The van der Waals surface area contributed by atoms with Gasteiger partial charge >= 0.3 is 13.6 Å². The molecule has 0 bridgehead atoms. The first kappa shape index (κ1) is 15.6. The Morgan fingerprint density at radius 1 is 1.31 bits per heavy atom. The molecule has 0 rings (SSSR count). The summed E-state index contributed by atoms with van der Waals surface area (Å²) in [6.45, 7) is 5.76. The normalized spacial score (nSPS) is 12.6. The fraction of sp³-hybridized carbons (Fsp3) is 0.900. The number of hydrogen-bond donors (Lipinski definition) is 2. The highest BCUT2D eigenvalue weighted by atomic mass is 31.2. The lowest BCUT2D eigenvalue weighted by Crippen LogP contribution is -2.26. The van der Waals surface area contributed by atoms with Crippen molar-refractivity contribution in [2.24, 2.45) is 5.41 Å². The molecule has 2 N–H and O–H groups in total. The number of unbranched alkanes of at least 4 members (excludes halogenated alkanes) is 1. The summed E-state index contributed by atoms with van der Waals surface area (Å²) in [6, 6.07) is 0. The van der Waals surface area contributed by atoms with Gasteiger partial charge in [0.1, 0.15) is 0 Å². The van der Waals surface area contributed by atoms with Gasteiger partial charge < -0.3 is 14.5 Å². The number of carbonyl (C=O) groups excluding carboxylic acids is 1. The molecule has 6 heteroatoms. The van der Waals surface area contributed by atoms with E-state index in [9.17, 15) is 9.36 Å². The number of esters is 1. The zero-order valence-corrected chi connectivity index (χ0v) is 11.0. The van der Waals surface area contributed by atoms with Crippen molar-refractivity contribution in [1.29, 1.82) is 0 Å². The average Bonchev–Trinajstić information content (AvgIpc) is 2.15. The van der Waals surface area contributed by atoms with Crippen molar-refractivity contribution in [2.45, 2.75) is 40.0 Å². The summed E-state index contributed by atoms with van der Waals surface area (Å²) >= 11 is 0. The van der Waals surface area contributed by atoms with Gasteiger partial charge in [-0.15, -0.1) is 0 Å². The zero-order valence-electron chi connectivity index (χ0n) is 10.1. The molecule has 0 heterocycles. The summed E-state index contributed by atoms with van der Waals surface area (Å²) in [5, 5.41) is 0. The van der Waals surface area contributed by atoms with Crippen LogP contribution in [0.3, 0.4) is 0 Å². The number of ether oxygens (including phenoxy) is 1. The SMILES string of the molecule is CCC(C)(C)C(=O)OCCCCP(=O)(O)O. The van der Waals surface area contributed by atoms with Crippen LogP contribution in [-0.2, 0) is 14.1 Å². The van der Waals surface area contributed by atoms with Crippen LogP contribution in [0.5, 0.6) is 0 Å². The molecule has 0 aliphatic heterocycles. The van der Waals surface area contributed by atoms with Crippen LogP contribution in [0.2, 0.25) is 0 Å². The molecule has 0 aliphatic rings. The lowest BCUT2D eigenvalue weighted by Gasteiger charge is -2.20. The van der Waals surface area contributed by atoms with Gasteiger partial charge in [-0.05, 0) is 33.1 Å². The van der Waals surface area contributed by atoms with Gasteiger partial charge in [-0.3, -0.25) is 9.36 Å². The lowest BCUT2D eigenvalue weighted by molar-refractivity contribution is -0.154. The molecule has 5 nitrogen and oxygen atoms in total. The van der Waals surface area contributed by atoms with Crippen LogP contribution >= 0.6 is 7.60 Å². The number of carbonyl (C=O) groups is 1. The molecule has 0 aromatic heterocycles. The van der Waals surface area contributed by atoms with Gasteiger partial charge in [0.15, 0.2) is 0 Å². The highest BCUT2D eigenvalue weighted by molar-refractivity contribution is 7.51. The van der Waals surface area contributed by atoms with E-state index < -0.39 is 13.0 Å². The third-order valence-electron chi connectivity index (χ3n) is 2.51. The van der Waals surface area contributed by atoms with E-state index in [4.69, 9.17) is 14.5 Å². The first-order valence-corrected chi connectivity index (χ1v) is 7.20. The molecule has 0 saturated heterocycles. The van der Waals surface area contributed by atoms with Gasteiger partial charge in [0.2, 0.25) is 0 Å². The van der Waals surface area contributed by atoms with Crippen molar-refractivity contribution in [2.75, 3.05) is 12.8 Å². The average molecular weight is 252 g/mol. The summed E-state index contributed by atoms with van der Waals surface area (Å²) in [4.78, 5) is 28.7. The van der Waals surface area contributed by atoms with Crippen molar-refractivity contribution in [3.63, 3.8) is 0 Å². The maximum absolute atomic E-state index is 11.5. The third kappa shape index (κ3) is 6.99. The second-order valence-corrected chi connectivity index (χ2v) is 6.25.